The zero-order chi connectivity index (χ0) is 18.1. The lowest BCUT2D eigenvalue weighted by Crippen LogP contribution is -2.25. The molecule has 0 fully saturated rings. The van der Waals surface area contributed by atoms with Crippen molar-refractivity contribution in [1.29, 1.82) is 0 Å². The molecule has 0 saturated carbocycles. The second kappa shape index (κ2) is 6.96. The Kier molecular flexibility index (Phi) is 4.51. The number of fused-ring (bicyclic) bond motifs is 1. The quantitative estimate of drug-likeness (QED) is 0.728. The van der Waals surface area contributed by atoms with E-state index in [0.29, 0.717) is 5.82 Å². The first-order valence-corrected chi connectivity index (χ1v) is 8.91. The van der Waals surface area contributed by atoms with Crippen molar-refractivity contribution >= 4 is 0 Å². The summed E-state index contributed by atoms with van der Waals surface area (Å²) in [6.07, 6.45) is 5.84. The van der Waals surface area contributed by atoms with Crippen molar-refractivity contribution in [2.75, 3.05) is 13.1 Å². The summed E-state index contributed by atoms with van der Waals surface area (Å²) < 4.78 is 15.0. The minimum absolute atomic E-state index is 0.244. The van der Waals surface area contributed by atoms with Gasteiger partial charge < -0.3 is 0 Å². The van der Waals surface area contributed by atoms with E-state index in [-0.39, 0.29) is 5.82 Å². The van der Waals surface area contributed by atoms with Crippen LogP contribution in [0, 0.1) is 12.7 Å². The van der Waals surface area contributed by atoms with E-state index in [0.717, 1.165) is 49.4 Å². The Morgan fingerprint density at radius 1 is 1.08 bits per heavy atom. The lowest BCUT2D eigenvalue weighted by Gasteiger charge is -2.18. The van der Waals surface area contributed by atoms with Gasteiger partial charge in [0, 0.05) is 61.8 Å². The van der Waals surface area contributed by atoms with E-state index in [9.17, 15) is 4.39 Å². The summed E-state index contributed by atoms with van der Waals surface area (Å²) in [6, 6.07) is 6.38. The zero-order valence-corrected chi connectivity index (χ0v) is 15.1. The monoisotopic (exact) mass is 351 g/mol. The molecule has 1 aliphatic heterocycles. The molecular weight excluding hydrogens is 329 g/mol. The fourth-order valence-electron chi connectivity index (χ4n) is 3.53. The Balaban J connectivity index is 1.56. The van der Waals surface area contributed by atoms with Crippen LogP contribution in [0.3, 0.4) is 0 Å². The number of aromatic nitrogens is 4. The summed E-state index contributed by atoms with van der Waals surface area (Å²) in [5, 5.41) is 4.25. The molecule has 0 N–H and O–H groups in total. The van der Waals surface area contributed by atoms with Crippen molar-refractivity contribution in [2.45, 2.75) is 26.3 Å². The molecule has 0 radical (unpaired) electrons. The average molecular weight is 351 g/mol. The molecule has 2 aromatic heterocycles. The van der Waals surface area contributed by atoms with Crippen LogP contribution in [0.15, 0.2) is 36.7 Å². The number of halogens is 1. The molecule has 5 nitrogen and oxygen atoms in total. The first kappa shape index (κ1) is 16.8. The first-order chi connectivity index (χ1) is 12.6. The van der Waals surface area contributed by atoms with E-state index in [4.69, 9.17) is 4.98 Å². The van der Waals surface area contributed by atoms with Crippen molar-refractivity contribution in [3.63, 3.8) is 0 Å². The van der Waals surface area contributed by atoms with Gasteiger partial charge in [0.1, 0.15) is 5.82 Å². The van der Waals surface area contributed by atoms with Crippen LogP contribution >= 0.6 is 0 Å². The summed E-state index contributed by atoms with van der Waals surface area (Å²) in [5.41, 5.74) is 5.48. The fourth-order valence-corrected chi connectivity index (χ4v) is 3.53. The molecule has 0 saturated heterocycles. The van der Waals surface area contributed by atoms with Gasteiger partial charge in [0.15, 0.2) is 5.82 Å². The van der Waals surface area contributed by atoms with Gasteiger partial charge in [-0.25, -0.2) is 14.4 Å². The van der Waals surface area contributed by atoms with Gasteiger partial charge in [0.2, 0.25) is 0 Å². The van der Waals surface area contributed by atoms with Crippen LogP contribution < -0.4 is 0 Å². The second-order valence-corrected chi connectivity index (χ2v) is 6.86. The van der Waals surface area contributed by atoms with Crippen molar-refractivity contribution < 1.29 is 4.39 Å². The maximum absolute atomic E-state index is 13.2. The van der Waals surface area contributed by atoms with Gasteiger partial charge in [-0.15, -0.1) is 0 Å². The largest absolute Gasteiger partial charge is 0.298 e. The Labute approximate surface area is 152 Å². The summed E-state index contributed by atoms with van der Waals surface area (Å²) in [7, 11) is 1.94. The van der Waals surface area contributed by atoms with E-state index >= 15 is 0 Å². The molecule has 6 heteroatoms. The van der Waals surface area contributed by atoms with Crippen LogP contribution in [0.1, 0.15) is 22.5 Å². The molecule has 3 aromatic rings. The number of rotatable bonds is 3. The van der Waals surface area contributed by atoms with Gasteiger partial charge in [0.25, 0.3) is 0 Å². The molecule has 0 amide bonds. The highest BCUT2D eigenvalue weighted by atomic mass is 19.1. The second-order valence-electron chi connectivity index (χ2n) is 6.86. The molecule has 3 heterocycles. The standard InChI is InChI=1S/C20H22FN5/c1-14-18-7-9-26(13-15-11-22-25(2)12-15)10-8-19(18)24-20(23-14)16-3-5-17(21)6-4-16/h3-6,11-12H,7-10,13H2,1-2H3. The van der Waals surface area contributed by atoms with E-state index in [1.54, 1.807) is 12.1 Å². The number of nitrogens with zero attached hydrogens (tertiary/aromatic N) is 5. The predicted molar refractivity (Wildman–Crippen MR) is 98.1 cm³/mol. The van der Waals surface area contributed by atoms with E-state index in [1.165, 1.54) is 23.3 Å². The van der Waals surface area contributed by atoms with E-state index in [2.05, 4.69) is 21.2 Å². The number of benzene rings is 1. The minimum Gasteiger partial charge on any atom is -0.298 e. The molecule has 4 rings (SSSR count). The lowest BCUT2D eigenvalue weighted by atomic mass is 10.1. The molecule has 134 valence electrons. The number of hydrogen-bond acceptors (Lipinski definition) is 4. The molecule has 0 atom stereocenters. The van der Waals surface area contributed by atoms with Crippen molar-refractivity contribution in [3.8, 4) is 11.4 Å². The van der Waals surface area contributed by atoms with Gasteiger partial charge >= 0.3 is 0 Å². The van der Waals surface area contributed by atoms with E-state index in [1.807, 2.05) is 24.9 Å². The Morgan fingerprint density at radius 3 is 2.58 bits per heavy atom. The highest BCUT2D eigenvalue weighted by Crippen LogP contribution is 2.23. The summed E-state index contributed by atoms with van der Waals surface area (Å²) in [4.78, 5) is 11.9. The third-order valence-corrected chi connectivity index (χ3v) is 4.91. The summed E-state index contributed by atoms with van der Waals surface area (Å²) in [6.45, 7) is 4.90. The Bertz CT molecular complexity index is 916. The molecule has 0 unspecified atom stereocenters. The van der Waals surface area contributed by atoms with Crippen LogP contribution in [-0.4, -0.2) is 37.7 Å². The third kappa shape index (κ3) is 3.51. The Morgan fingerprint density at radius 2 is 1.85 bits per heavy atom. The van der Waals surface area contributed by atoms with Crippen molar-refractivity contribution in [3.05, 3.63) is 65.0 Å². The van der Waals surface area contributed by atoms with Crippen LogP contribution in [0.4, 0.5) is 4.39 Å². The molecule has 0 aliphatic carbocycles. The van der Waals surface area contributed by atoms with Crippen molar-refractivity contribution in [2.24, 2.45) is 7.05 Å². The van der Waals surface area contributed by atoms with Crippen LogP contribution in [-0.2, 0) is 26.4 Å². The minimum atomic E-state index is -0.244. The smallest absolute Gasteiger partial charge is 0.159 e. The van der Waals surface area contributed by atoms with Crippen LogP contribution in [0.2, 0.25) is 0 Å². The Hall–Kier alpha value is -2.60. The molecule has 1 aliphatic rings. The average Bonchev–Trinajstić information content (AvgIpc) is 2.91. The molecular formula is C20H22FN5. The van der Waals surface area contributed by atoms with E-state index < -0.39 is 0 Å². The predicted octanol–water partition coefficient (Wildman–Crippen LogP) is 2.93. The molecule has 0 bridgehead atoms. The number of hydrogen-bond donors (Lipinski definition) is 0. The van der Waals surface area contributed by atoms with Crippen molar-refractivity contribution in [1.82, 2.24) is 24.6 Å². The van der Waals surface area contributed by atoms with Crippen LogP contribution in [0.5, 0.6) is 0 Å². The zero-order valence-electron chi connectivity index (χ0n) is 15.1. The van der Waals surface area contributed by atoms with Gasteiger partial charge in [0.05, 0.1) is 6.20 Å². The highest BCUT2D eigenvalue weighted by Gasteiger charge is 2.19. The maximum atomic E-state index is 13.2. The normalized spacial score (nSPS) is 14.9. The van der Waals surface area contributed by atoms with Gasteiger partial charge in [-0.1, -0.05) is 0 Å². The van der Waals surface area contributed by atoms with Gasteiger partial charge in [-0.05, 0) is 43.2 Å². The summed E-state index contributed by atoms with van der Waals surface area (Å²) >= 11 is 0. The fraction of sp³-hybridized carbons (Fsp3) is 0.350. The maximum Gasteiger partial charge on any atom is 0.159 e. The molecule has 0 spiro atoms. The third-order valence-electron chi connectivity index (χ3n) is 4.91. The summed E-state index contributed by atoms with van der Waals surface area (Å²) in [5.74, 6) is 0.438. The molecule has 1 aromatic carbocycles. The van der Waals surface area contributed by atoms with Gasteiger partial charge in [-0.2, -0.15) is 5.10 Å². The van der Waals surface area contributed by atoms with Gasteiger partial charge in [-0.3, -0.25) is 9.58 Å². The lowest BCUT2D eigenvalue weighted by molar-refractivity contribution is 0.279. The molecule has 26 heavy (non-hydrogen) atoms. The SMILES string of the molecule is Cc1nc(-c2ccc(F)cc2)nc2c1CCN(Cc1cnn(C)c1)CC2. The highest BCUT2D eigenvalue weighted by molar-refractivity contribution is 5.55. The van der Waals surface area contributed by atoms with Crippen LogP contribution in [0.25, 0.3) is 11.4 Å². The first-order valence-electron chi connectivity index (χ1n) is 8.91. The topological polar surface area (TPSA) is 46.8 Å². The number of aryl methyl sites for hydroxylation is 2.